The first-order chi connectivity index (χ1) is 8.61. The predicted octanol–water partition coefficient (Wildman–Crippen LogP) is 3.60. The molecular formula is C13H12BrN3S. The highest BCUT2D eigenvalue weighted by atomic mass is 79.9. The van der Waals surface area contributed by atoms with Gasteiger partial charge in [-0.3, -0.25) is 0 Å². The van der Waals surface area contributed by atoms with E-state index in [-0.39, 0.29) is 0 Å². The van der Waals surface area contributed by atoms with Crippen LogP contribution in [0.3, 0.4) is 0 Å². The van der Waals surface area contributed by atoms with Gasteiger partial charge in [0.25, 0.3) is 0 Å². The van der Waals surface area contributed by atoms with E-state index >= 15 is 0 Å². The van der Waals surface area contributed by atoms with Gasteiger partial charge in [0.15, 0.2) is 0 Å². The number of anilines is 2. The average Bonchev–Trinajstić information content (AvgIpc) is 2.75. The summed E-state index contributed by atoms with van der Waals surface area (Å²) in [6.07, 6.45) is 0. The molecule has 0 aliphatic heterocycles. The second-order valence-electron chi connectivity index (χ2n) is 3.97. The Kier molecular flexibility index (Phi) is 3.90. The number of nitrogens with zero attached hydrogens (tertiary/aromatic N) is 2. The number of nitrogens with two attached hydrogens (primary N) is 1. The third-order valence-electron chi connectivity index (χ3n) is 2.66. The number of nitriles is 1. The normalized spacial score (nSPS) is 10.1. The van der Waals surface area contributed by atoms with Crippen LogP contribution in [0.4, 0.5) is 11.4 Å². The van der Waals surface area contributed by atoms with Crippen molar-refractivity contribution in [2.24, 2.45) is 0 Å². The maximum atomic E-state index is 8.96. The SMILES string of the molecule is CN(Cc1csc(Br)c1)c1cccc(C#N)c1N. The quantitative estimate of drug-likeness (QED) is 0.879. The molecule has 0 unspecified atom stereocenters. The Labute approximate surface area is 119 Å². The van der Waals surface area contributed by atoms with Crippen molar-refractivity contribution in [2.75, 3.05) is 17.7 Å². The number of rotatable bonds is 3. The lowest BCUT2D eigenvalue weighted by Gasteiger charge is -2.21. The standard InChI is InChI=1S/C13H12BrN3S/c1-17(7-9-5-12(14)18-8-9)11-4-2-3-10(6-15)13(11)16/h2-5,8H,7,16H2,1H3. The molecule has 1 heterocycles. The van der Waals surface area contributed by atoms with Gasteiger partial charge in [0, 0.05) is 13.6 Å². The summed E-state index contributed by atoms with van der Waals surface area (Å²) in [6, 6.07) is 9.70. The molecule has 0 saturated carbocycles. The summed E-state index contributed by atoms with van der Waals surface area (Å²) in [5, 5.41) is 11.1. The van der Waals surface area contributed by atoms with E-state index < -0.39 is 0 Å². The van der Waals surface area contributed by atoms with Crippen LogP contribution in [-0.4, -0.2) is 7.05 Å². The minimum absolute atomic E-state index is 0.519. The summed E-state index contributed by atoms with van der Waals surface area (Å²) in [5.41, 5.74) is 9.14. The summed E-state index contributed by atoms with van der Waals surface area (Å²) >= 11 is 5.11. The van der Waals surface area contributed by atoms with Gasteiger partial charge in [0.2, 0.25) is 0 Å². The van der Waals surface area contributed by atoms with Gasteiger partial charge in [-0.15, -0.1) is 11.3 Å². The molecule has 0 radical (unpaired) electrons. The number of para-hydroxylation sites is 1. The fraction of sp³-hybridized carbons (Fsp3) is 0.154. The number of benzene rings is 1. The largest absolute Gasteiger partial charge is 0.396 e. The van der Waals surface area contributed by atoms with Crippen LogP contribution < -0.4 is 10.6 Å². The van der Waals surface area contributed by atoms with Crippen molar-refractivity contribution in [3.05, 3.63) is 44.6 Å². The lowest BCUT2D eigenvalue weighted by Crippen LogP contribution is -2.17. The first kappa shape index (κ1) is 12.9. The second kappa shape index (κ2) is 5.42. The lowest BCUT2D eigenvalue weighted by molar-refractivity contribution is 0.929. The molecule has 0 fully saturated rings. The zero-order valence-corrected chi connectivity index (χ0v) is 12.3. The Bertz CT molecular complexity index is 601. The van der Waals surface area contributed by atoms with Gasteiger partial charge in [-0.2, -0.15) is 5.26 Å². The molecule has 0 atom stereocenters. The molecule has 0 bridgehead atoms. The molecule has 2 N–H and O–H groups in total. The zero-order chi connectivity index (χ0) is 13.1. The van der Waals surface area contributed by atoms with E-state index in [4.69, 9.17) is 11.0 Å². The van der Waals surface area contributed by atoms with Crippen LogP contribution in [0, 0.1) is 11.3 Å². The number of halogens is 1. The molecule has 2 aromatic rings. The third kappa shape index (κ3) is 2.66. The Morgan fingerprint density at radius 1 is 1.50 bits per heavy atom. The van der Waals surface area contributed by atoms with E-state index in [9.17, 15) is 0 Å². The molecule has 0 amide bonds. The first-order valence-electron chi connectivity index (χ1n) is 5.34. The van der Waals surface area contributed by atoms with E-state index in [1.807, 2.05) is 24.1 Å². The van der Waals surface area contributed by atoms with Crippen molar-refractivity contribution < 1.29 is 0 Å². The Hall–Kier alpha value is -1.51. The highest BCUT2D eigenvalue weighted by Crippen LogP contribution is 2.28. The van der Waals surface area contributed by atoms with Crippen molar-refractivity contribution in [3.63, 3.8) is 0 Å². The summed E-state index contributed by atoms with van der Waals surface area (Å²) in [7, 11) is 1.97. The van der Waals surface area contributed by atoms with Crippen molar-refractivity contribution >= 4 is 38.6 Å². The molecule has 5 heteroatoms. The third-order valence-corrected chi connectivity index (χ3v) is 4.21. The van der Waals surface area contributed by atoms with Gasteiger partial charge < -0.3 is 10.6 Å². The molecule has 0 aliphatic rings. The van der Waals surface area contributed by atoms with Gasteiger partial charge in [-0.1, -0.05) is 6.07 Å². The van der Waals surface area contributed by atoms with Crippen molar-refractivity contribution in [1.82, 2.24) is 0 Å². The monoisotopic (exact) mass is 321 g/mol. The zero-order valence-electron chi connectivity index (χ0n) is 9.85. The van der Waals surface area contributed by atoms with Gasteiger partial charge >= 0.3 is 0 Å². The smallest absolute Gasteiger partial charge is 0.101 e. The second-order valence-corrected chi connectivity index (χ2v) is 6.26. The lowest BCUT2D eigenvalue weighted by atomic mass is 10.1. The van der Waals surface area contributed by atoms with Crippen molar-refractivity contribution in [1.29, 1.82) is 5.26 Å². The van der Waals surface area contributed by atoms with E-state index in [0.717, 1.165) is 16.0 Å². The number of nitrogen functional groups attached to an aromatic ring is 1. The van der Waals surface area contributed by atoms with Crippen molar-refractivity contribution in [3.8, 4) is 6.07 Å². The molecule has 0 aliphatic carbocycles. The molecule has 0 spiro atoms. The maximum Gasteiger partial charge on any atom is 0.101 e. The maximum absolute atomic E-state index is 8.96. The number of hydrogen-bond donors (Lipinski definition) is 1. The fourth-order valence-corrected chi connectivity index (χ4v) is 2.97. The Balaban J connectivity index is 2.24. The number of hydrogen-bond acceptors (Lipinski definition) is 4. The minimum atomic E-state index is 0.519. The van der Waals surface area contributed by atoms with Gasteiger partial charge in [-0.25, -0.2) is 0 Å². The van der Waals surface area contributed by atoms with Crippen LogP contribution in [0.15, 0.2) is 33.4 Å². The minimum Gasteiger partial charge on any atom is -0.396 e. The predicted molar refractivity (Wildman–Crippen MR) is 79.7 cm³/mol. The van der Waals surface area contributed by atoms with Crippen molar-refractivity contribution in [2.45, 2.75) is 6.54 Å². The van der Waals surface area contributed by atoms with Crippen LogP contribution in [-0.2, 0) is 6.54 Å². The van der Waals surface area contributed by atoms with Gasteiger partial charge in [0.05, 0.1) is 20.7 Å². The molecule has 18 heavy (non-hydrogen) atoms. The molecule has 3 nitrogen and oxygen atoms in total. The molecule has 1 aromatic carbocycles. The molecule has 1 aromatic heterocycles. The van der Waals surface area contributed by atoms with Crippen LogP contribution in [0.5, 0.6) is 0 Å². The van der Waals surface area contributed by atoms with Gasteiger partial charge in [-0.05, 0) is 45.1 Å². The molecule has 2 rings (SSSR count). The highest BCUT2D eigenvalue weighted by Gasteiger charge is 2.09. The van der Waals surface area contributed by atoms with Gasteiger partial charge in [0.1, 0.15) is 6.07 Å². The summed E-state index contributed by atoms with van der Waals surface area (Å²) in [4.78, 5) is 2.05. The first-order valence-corrected chi connectivity index (χ1v) is 7.01. The molecule has 92 valence electrons. The summed E-state index contributed by atoms with van der Waals surface area (Å²) < 4.78 is 1.12. The van der Waals surface area contributed by atoms with E-state index in [1.165, 1.54) is 5.56 Å². The van der Waals surface area contributed by atoms with E-state index in [2.05, 4.69) is 33.4 Å². The topological polar surface area (TPSA) is 53.0 Å². The van der Waals surface area contributed by atoms with Crippen LogP contribution >= 0.6 is 27.3 Å². The summed E-state index contributed by atoms with van der Waals surface area (Å²) in [6.45, 7) is 0.765. The van der Waals surface area contributed by atoms with E-state index in [1.54, 1.807) is 17.4 Å². The van der Waals surface area contributed by atoms with E-state index in [0.29, 0.717) is 11.3 Å². The van der Waals surface area contributed by atoms with Crippen LogP contribution in [0.2, 0.25) is 0 Å². The summed E-state index contributed by atoms with van der Waals surface area (Å²) in [5.74, 6) is 0. The van der Waals surface area contributed by atoms with Crippen LogP contribution in [0.1, 0.15) is 11.1 Å². The fourth-order valence-electron chi connectivity index (χ4n) is 1.77. The highest BCUT2D eigenvalue weighted by molar-refractivity contribution is 9.11. The van der Waals surface area contributed by atoms with Crippen LogP contribution in [0.25, 0.3) is 0 Å². The number of thiophene rings is 1. The molecule has 0 saturated heterocycles. The Morgan fingerprint density at radius 3 is 2.89 bits per heavy atom. The Morgan fingerprint density at radius 2 is 2.28 bits per heavy atom. The molecular weight excluding hydrogens is 310 g/mol. The average molecular weight is 322 g/mol.